The zero-order chi connectivity index (χ0) is 21.2. The van der Waals surface area contributed by atoms with Crippen molar-refractivity contribution in [1.82, 2.24) is 8.87 Å². The number of carbonyl (C=O) groups excluding carboxylic acids is 1. The van der Waals surface area contributed by atoms with Gasteiger partial charge in [-0.2, -0.15) is 4.31 Å². The Labute approximate surface area is 167 Å². The van der Waals surface area contributed by atoms with Gasteiger partial charge in [0.15, 0.2) is 0 Å². The summed E-state index contributed by atoms with van der Waals surface area (Å²) in [4.78, 5) is 23.1. The molecule has 0 spiro atoms. The maximum atomic E-state index is 12.8. The summed E-state index contributed by atoms with van der Waals surface area (Å²) in [5, 5.41) is 11.3. The monoisotopic (exact) mass is 423 g/mol. The fourth-order valence-electron chi connectivity index (χ4n) is 3.14. The normalized spacial score (nSPS) is 15.1. The highest BCUT2D eigenvalue weighted by molar-refractivity contribution is 7.89. The first kappa shape index (κ1) is 20.8. The van der Waals surface area contributed by atoms with Crippen LogP contribution in [0.4, 0.5) is 5.69 Å². The van der Waals surface area contributed by atoms with Gasteiger partial charge in [0, 0.05) is 26.3 Å². The molecule has 3 rings (SSSR count). The van der Waals surface area contributed by atoms with E-state index in [9.17, 15) is 23.3 Å². The Bertz CT molecular complexity index is 1040. The van der Waals surface area contributed by atoms with Crippen molar-refractivity contribution in [1.29, 1.82) is 0 Å². The van der Waals surface area contributed by atoms with Crippen molar-refractivity contribution in [2.75, 3.05) is 20.2 Å². The average molecular weight is 423 g/mol. The highest BCUT2D eigenvalue weighted by Crippen LogP contribution is 2.32. The highest BCUT2D eigenvalue weighted by atomic mass is 32.2. The van der Waals surface area contributed by atoms with Crippen molar-refractivity contribution in [3.63, 3.8) is 0 Å². The first-order valence-electron chi connectivity index (χ1n) is 8.95. The summed E-state index contributed by atoms with van der Waals surface area (Å²) in [5.41, 5.74) is -0.473. The Morgan fingerprint density at radius 2 is 1.86 bits per heavy atom. The third kappa shape index (κ3) is 4.25. The summed E-state index contributed by atoms with van der Waals surface area (Å²) in [5.74, 6) is -0.923. The van der Waals surface area contributed by atoms with Crippen molar-refractivity contribution in [2.24, 2.45) is 7.05 Å². The van der Waals surface area contributed by atoms with Crippen LogP contribution in [0.5, 0.6) is 11.5 Å². The maximum Gasteiger partial charge on any atom is 0.360 e. The van der Waals surface area contributed by atoms with Gasteiger partial charge in [-0.25, -0.2) is 13.2 Å². The number of benzene rings is 1. The molecule has 0 atom stereocenters. The van der Waals surface area contributed by atoms with Gasteiger partial charge in [-0.05, 0) is 31.0 Å². The molecule has 156 valence electrons. The molecule has 11 heteroatoms. The van der Waals surface area contributed by atoms with Crippen molar-refractivity contribution >= 4 is 21.7 Å². The number of rotatable bonds is 6. The molecule has 10 nitrogen and oxygen atoms in total. The number of methoxy groups -OCH3 is 1. The van der Waals surface area contributed by atoms with Gasteiger partial charge >= 0.3 is 11.7 Å². The van der Waals surface area contributed by atoms with Crippen molar-refractivity contribution in [2.45, 2.75) is 24.2 Å². The molecular formula is C18H21N3O7S. The van der Waals surface area contributed by atoms with Gasteiger partial charge in [0.1, 0.15) is 16.3 Å². The third-order valence-electron chi connectivity index (χ3n) is 4.71. The van der Waals surface area contributed by atoms with E-state index in [0.717, 1.165) is 25.3 Å². The van der Waals surface area contributed by atoms with Gasteiger partial charge in [0.25, 0.3) is 0 Å². The number of esters is 1. The lowest BCUT2D eigenvalue weighted by molar-refractivity contribution is -0.385. The van der Waals surface area contributed by atoms with E-state index >= 15 is 0 Å². The molecule has 1 saturated heterocycles. The standard InChI is InChI=1S/C18H21N3O7S/c1-19-12-14(29(25,26)20-8-4-3-5-9-20)11-16(19)18(22)28-17-7-6-13(27-2)10-15(17)21(23)24/h6-7,10-12H,3-5,8-9H2,1-2H3. The number of aryl methyl sites for hydroxylation is 1. The van der Waals surface area contributed by atoms with Gasteiger partial charge in [-0.3, -0.25) is 10.1 Å². The number of piperidine rings is 1. The van der Waals surface area contributed by atoms with Gasteiger partial charge in [-0.15, -0.1) is 0 Å². The molecule has 1 aliphatic rings. The van der Waals surface area contributed by atoms with Crippen LogP contribution < -0.4 is 9.47 Å². The summed E-state index contributed by atoms with van der Waals surface area (Å²) in [6.45, 7) is 0.879. The van der Waals surface area contributed by atoms with Crippen LogP contribution in [0.15, 0.2) is 35.4 Å². The fourth-order valence-corrected chi connectivity index (χ4v) is 4.73. The molecule has 29 heavy (non-hydrogen) atoms. The van der Waals surface area contributed by atoms with Crippen LogP contribution in [0.3, 0.4) is 0 Å². The Balaban J connectivity index is 1.87. The third-order valence-corrected chi connectivity index (χ3v) is 6.57. The van der Waals surface area contributed by atoms with E-state index < -0.39 is 26.6 Å². The first-order chi connectivity index (χ1) is 13.7. The van der Waals surface area contributed by atoms with Crippen LogP contribution in [-0.2, 0) is 17.1 Å². The molecule has 0 bridgehead atoms. The van der Waals surface area contributed by atoms with Crippen LogP contribution in [-0.4, -0.2) is 48.4 Å². The quantitative estimate of drug-likeness (QED) is 0.302. The smallest absolute Gasteiger partial charge is 0.360 e. The fraction of sp³-hybridized carbons (Fsp3) is 0.389. The molecule has 2 aromatic rings. The van der Waals surface area contributed by atoms with E-state index in [0.29, 0.717) is 13.1 Å². The first-order valence-corrected chi connectivity index (χ1v) is 10.4. The lowest BCUT2D eigenvalue weighted by atomic mass is 10.2. The van der Waals surface area contributed by atoms with E-state index in [1.165, 1.54) is 47.4 Å². The van der Waals surface area contributed by atoms with Gasteiger partial charge < -0.3 is 14.0 Å². The number of carbonyl (C=O) groups is 1. The molecule has 1 fully saturated rings. The second kappa shape index (κ2) is 8.21. The number of hydrogen-bond acceptors (Lipinski definition) is 7. The summed E-state index contributed by atoms with van der Waals surface area (Å²) in [6, 6.07) is 5.04. The zero-order valence-electron chi connectivity index (χ0n) is 16.0. The Morgan fingerprint density at radius 1 is 1.17 bits per heavy atom. The molecule has 0 unspecified atom stereocenters. The topological polar surface area (TPSA) is 121 Å². The number of hydrogen-bond donors (Lipinski definition) is 0. The number of nitrogens with zero attached hydrogens (tertiary/aromatic N) is 3. The second-order valence-electron chi connectivity index (χ2n) is 6.62. The van der Waals surface area contributed by atoms with Gasteiger partial charge in [0.05, 0.1) is 18.1 Å². The molecule has 1 aromatic heterocycles. The molecule has 1 aliphatic heterocycles. The lowest BCUT2D eigenvalue weighted by Gasteiger charge is -2.25. The van der Waals surface area contributed by atoms with Crippen LogP contribution in [0.25, 0.3) is 0 Å². The molecule has 0 aliphatic carbocycles. The maximum absolute atomic E-state index is 12.8. The summed E-state index contributed by atoms with van der Waals surface area (Å²) >= 11 is 0. The minimum atomic E-state index is -3.72. The molecule has 0 saturated carbocycles. The van der Waals surface area contributed by atoms with Gasteiger partial charge in [-0.1, -0.05) is 6.42 Å². The largest absolute Gasteiger partial charge is 0.496 e. The minimum absolute atomic E-state index is 0.0157. The van der Waals surface area contributed by atoms with E-state index in [1.807, 2.05) is 0 Å². The Kier molecular flexibility index (Phi) is 5.89. The Hall–Kier alpha value is -2.92. The summed E-state index contributed by atoms with van der Waals surface area (Å²) in [6.07, 6.45) is 3.91. The predicted octanol–water partition coefficient (Wildman–Crippen LogP) is 2.34. The zero-order valence-corrected chi connectivity index (χ0v) is 16.8. The minimum Gasteiger partial charge on any atom is -0.496 e. The van der Waals surface area contributed by atoms with Crippen LogP contribution in [0.2, 0.25) is 0 Å². The molecule has 0 amide bonds. The number of nitro benzene ring substituents is 1. The number of aromatic nitrogens is 1. The number of sulfonamides is 1. The van der Waals surface area contributed by atoms with E-state index in [2.05, 4.69) is 0 Å². The van der Waals surface area contributed by atoms with E-state index in [-0.39, 0.29) is 22.1 Å². The van der Waals surface area contributed by atoms with Crippen molar-refractivity contribution in [3.05, 3.63) is 46.3 Å². The lowest BCUT2D eigenvalue weighted by Crippen LogP contribution is -2.35. The SMILES string of the molecule is COc1ccc(OC(=O)c2cc(S(=O)(=O)N3CCCCC3)cn2C)c([N+](=O)[O-])c1. The molecule has 1 aromatic carbocycles. The van der Waals surface area contributed by atoms with Crippen LogP contribution >= 0.6 is 0 Å². The Morgan fingerprint density at radius 3 is 2.48 bits per heavy atom. The molecule has 0 N–H and O–H groups in total. The van der Waals surface area contributed by atoms with Crippen LogP contribution in [0, 0.1) is 10.1 Å². The van der Waals surface area contributed by atoms with E-state index in [4.69, 9.17) is 9.47 Å². The molecule has 0 radical (unpaired) electrons. The highest BCUT2D eigenvalue weighted by Gasteiger charge is 2.29. The molecular weight excluding hydrogens is 402 g/mol. The molecule has 2 heterocycles. The van der Waals surface area contributed by atoms with Crippen molar-refractivity contribution < 1.29 is 27.6 Å². The average Bonchev–Trinajstić information content (AvgIpc) is 3.11. The predicted molar refractivity (Wildman–Crippen MR) is 103 cm³/mol. The van der Waals surface area contributed by atoms with Crippen molar-refractivity contribution in [3.8, 4) is 11.5 Å². The van der Waals surface area contributed by atoms with Crippen LogP contribution in [0.1, 0.15) is 29.8 Å². The second-order valence-corrected chi connectivity index (χ2v) is 8.55. The number of ether oxygens (including phenoxy) is 2. The summed E-state index contributed by atoms with van der Waals surface area (Å²) < 4.78 is 38.5. The number of nitro groups is 1. The summed E-state index contributed by atoms with van der Waals surface area (Å²) in [7, 11) is -0.852. The van der Waals surface area contributed by atoms with Gasteiger partial charge in [0.2, 0.25) is 15.8 Å². The van der Waals surface area contributed by atoms with E-state index in [1.54, 1.807) is 0 Å².